The molecule has 1 unspecified atom stereocenters. The van der Waals surface area contributed by atoms with Crippen molar-refractivity contribution >= 4 is 27.3 Å². The summed E-state index contributed by atoms with van der Waals surface area (Å²) < 4.78 is 14.6. The first-order valence-electron chi connectivity index (χ1n) is 8.55. The molecular weight excluding hydrogens is 335 g/mol. The summed E-state index contributed by atoms with van der Waals surface area (Å²) in [5.74, 6) is -0.362. The van der Waals surface area contributed by atoms with Crippen LogP contribution in [0.15, 0.2) is 54.6 Å². The van der Waals surface area contributed by atoms with Crippen LogP contribution in [-0.4, -0.2) is 25.0 Å². The van der Waals surface area contributed by atoms with Gasteiger partial charge in [0.15, 0.2) is 0 Å². The molecule has 2 aromatic carbocycles. The molecule has 4 rings (SSSR count). The Morgan fingerprint density at radius 2 is 2.04 bits per heavy atom. The van der Waals surface area contributed by atoms with E-state index in [0.29, 0.717) is 10.3 Å². The summed E-state index contributed by atoms with van der Waals surface area (Å²) in [7, 11) is 0. The number of hydrogen-bond acceptors (Lipinski definition) is 2. The van der Waals surface area contributed by atoms with Crippen LogP contribution in [0.5, 0.6) is 0 Å². The van der Waals surface area contributed by atoms with Crippen LogP contribution in [-0.2, 0) is 6.54 Å². The van der Waals surface area contributed by atoms with Crippen molar-refractivity contribution in [2.45, 2.75) is 19.0 Å². The SMILES string of the molecule is O=C(N[C@H]1CC[NH+](Cc2ccccc2)C1)c1cc2c(F)cccc2s1. The van der Waals surface area contributed by atoms with Gasteiger partial charge >= 0.3 is 0 Å². The third-order valence-corrected chi connectivity index (χ3v) is 5.84. The van der Waals surface area contributed by atoms with Gasteiger partial charge in [0, 0.05) is 22.1 Å². The average Bonchev–Trinajstić information content (AvgIpc) is 3.23. The third kappa shape index (κ3) is 3.57. The molecule has 1 aliphatic rings. The van der Waals surface area contributed by atoms with Gasteiger partial charge in [-0.15, -0.1) is 11.3 Å². The molecule has 0 saturated carbocycles. The summed E-state index contributed by atoms with van der Waals surface area (Å²) in [5, 5.41) is 3.65. The van der Waals surface area contributed by atoms with Gasteiger partial charge in [-0.25, -0.2) is 4.39 Å². The Balaban J connectivity index is 1.38. The Morgan fingerprint density at radius 3 is 2.84 bits per heavy atom. The zero-order chi connectivity index (χ0) is 17.2. The van der Waals surface area contributed by atoms with Crippen LogP contribution in [0.25, 0.3) is 10.1 Å². The van der Waals surface area contributed by atoms with E-state index in [-0.39, 0.29) is 17.8 Å². The van der Waals surface area contributed by atoms with Gasteiger partial charge < -0.3 is 10.2 Å². The number of quaternary nitrogens is 1. The van der Waals surface area contributed by atoms with Crippen molar-refractivity contribution in [2.75, 3.05) is 13.1 Å². The molecule has 1 saturated heterocycles. The minimum absolute atomic E-state index is 0.0911. The first-order valence-corrected chi connectivity index (χ1v) is 9.37. The van der Waals surface area contributed by atoms with E-state index in [9.17, 15) is 9.18 Å². The zero-order valence-electron chi connectivity index (χ0n) is 13.8. The predicted molar refractivity (Wildman–Crippen MR) is 98.5 cm³/mol. The van der Waals surface area contributed by atoms with Gasteiger partial charge in [0.25, 0.3) is 5.91 Å². The highest BCUT2D eigenvalue weighted by Crippen LogP contribution is 2.27. The van der Waals surface area contributed by atoms with Gasteiger partial charge in [-0.05, 0) is 18.2 Å². The predicted octanol–water partition coefficient (Wildman–Crippen LogP) is 2.63. The standard InChI is InChI=1S/C20H19FN2OS/c21-17-7-4-8-18-16(17)11-19(25-18)20(24)22-15-9-10-23(13-15)12-14-5-2-1-3-6-14/h1-8,11,15H,9-10,12-13H2,(H,22,24)/p+1/t15-/m0/s1. The molecule has 0 bridgehead atoms. The number of rotatable bonds is 4. The highest BCUT2D eigenvalue weighted by molar-refractivity contribution is 7.20. The van der Waals surface area contributed by atoms with Crippen molar-refractivity contribution in [2.24, 2.45) is 0 Å². The van der Waals surface area contributed by atoms with Gasteiger partial charge in [-0.3, -0.25) is 4.79 Å². The molecule has 1 fully saturated rings. The van der Waals surface area contributed by atoms with Crippen molar-refractivity contribution in [3.8, 4) is 0 Å². The molecule has 1 amide bonds. The molecule has 1 aliphatic heterocycles. The lowest BCUT2D eigenvalue weighted by Gasteiger charge is -2.14. The largest absolute Gasteiger partial charge is 0.343 e. The van der Waals surface area contributed by atoms with Gasteiger partial charge in [-0.1, -0.05) is 36.4 Å². The molecule has 2 atom stereocenters. The van der Waals surface area contributed by atoms with Gasteiger partial charge in [0.2, 0.25) is 0 Å². The molecule has 3 nitrogen and oxygen atoms in total. The lowest BCUT2D eigenvalue weighted by molar-refractivity contribution is -0.901. The number of thiophene rings is 1. The van der Waals surface area contributed by atoms with Gasteiger partial charge in [0.05, 0.1) is 24.0 Å². The number of hydrogen-bond donors (Lipinski definition) is 2. The molecule has 0 radical (unpaired) electrons. The van der Waals surface area contributed by atoms with E-state index in [1.807, 2.05) is 12.1 Å². The lowest BCUT2D eigenvalue weighted by Crippen LogP contribution is -3.09. The number of likely N-dealkylation sites (tertiary alicyclic amines) is 1. The van der Waals surface area contributed by atoms with Crippen LogP contribution in [0, 0.1) is 5.82 Å². The average molecular weight is 355 g/mol. The van der Waals surface area contributed by atoms with E-state index in [0.717, 1.165) is 30.8 Å². The minimum Gasteiger partial charge on any atom is -0.343 e. The number of amides is 1. The van der Waals surface area contributed by atoms with Crippen molar-refractivity contribution in [1.82, 2.24) is 5.32 Å². The molecule has 3 aromatic rings. The maximum absolute atomic E-state index is 13.8. The number of benzene rings is 2. The molecule has 128 valence electrons. The number of carbonyl (C=O) groups is 1. The maximum Gasteiger partial charge on any atom is 0.261 e. The van der Waals surface area contributed by atoms with E-state index in [1.54, 1.807) is 12.1 Å². The minimum atomic E-state index is -0.271. The fourth-order valence-corrected chi connectivity index (χ4v) is 4.47. The number of halogens is 1. The molecule has 2 N–H and O–H groups in total. The number of fused-ring (bicyclic) bond motifs is 1. The molecule has 25 heavy (non-hydrogen) atoms. The van der Waals surface area contributed by atoms with Crippen LogP contribution in [0.3, 0.4) is 0 Å². The van der Waals surface area contributed by atoms with Crippen LogP contribution in [0.1, 0.15) is 21.7 Å². The Labute approximate surface area is 150 Å². The summed E-state index contributed by atoms with van der Waals surface area (Å²) >= 11 is 1.35. The van der Waals surface area contributed by atoms with Crippen LogP contribution < -0.4 is 10.2 Å². The third-order valence-electron chi connectivity index (χ3n) is 4.75. The second kappa shape index (κ2) is 6.94. The summed E-state index contributed by atoms with van der Waals surface area (Å²) in [6.45, 7) is 2.97. The van der Waals surface area contributed by atoms with E-state index >= 15 is 0 Å². The second-order valence-electron chi connectivity index (χ2n) is 6.59. The lowest BCUT2D eigenvalue weighted by atomic mass is 10.2. The summed E-state index contributed by atoms with van der Waals surface area (Å²) in [5.41, 5.74) is 1.32. The van der Waals surface area contributed by atoms with E-state index in [4.69, 9.17) is 0 Å². The first kappa shape index (κ1) is 16.2. The molecule has 2 heterocycles. The molecule has 0 spiro atoms. The Bertz CT molecular complexity index is 893. The Morgan fingerprint density at radius 1 is 1.20 bits per heavy atom. The summed E-state index contributed by atoms with van der Waals surface area (Å²) in [4.78, 5) is 14.6. The monoisotopic (exact) mass is 355 g/mol. The van der Waals surface area contributed by atoms with Crippen LogP contribution in [0.2, 0.25) is 0 Å². The highest BCUT2D eigenvalue weighted by Gasteiger charge is 2.28. The van der Waals surface area contributed by atoms with E-state index in [1.165, 1.54) is 27.9 Å². The Kier molecular flexibility index (Phi) is 4.51. The van der Waals surface area contributed by atoms with Crippen LogP contribution >= 0.6 is 11.3 Å². The zero-order valence-corrected chi connectivity index (χ0v) is 14.6. The second-order valence-corrected chi connectivity index (χ2v) is 7.67. The van der Waals surface area contributed by atoms with E-state index < -0.39 is 0 Å². The van der Waals surface area contributed by atoms with Crippen molar-refractivity contribution in [3.05, 3.63) is 70.9 Å². The topological polar surface area (TPSA) is 33.5 Å². The molecule has 0 aliphatic carbocycles. The molecule has 1 aromatic heterocycles. The number of nitrogens with one attached hydrogen (secondary N) is 2. The fourth-order valence-electron chi connectivity index (χ4n) is 3.49. The van der Waals surface area contributed by atoms with E-state index in [2.05, 4.69) is 29.6 Å². The van der Waals surface area contributed by atoms with Crippen molar-refractivity contribution in [1.29, 1.82) is 0 Å². The fraction of sp³-hybridized carbons (Fsp3) is 0.250. The maximum atomic E-state index is 13.8. The van der Waals surface area contributed by atoms with Crippen LogP contribution in [0.4, 0.5) is 4.39 Å². The van der Waals surface area contributed by atoms with Crippen molar-refractivity contribution in [3.63, 3.8) is 0 Å². The summed E-state index contributed by atoms with van der Waals surface area (Å²) in [6.07, 6.45) is 0.979. The summed E-state index contributed by atoms with van der Waals surface area (Å²) in [6, 6.07) is 17.2. The number of carbonyl (C=O) groups excluding carboxylic acids is 1. The quantitative estimate of drug-likeness (QED) is 0.741. The highest BCUT2D eigenvalue weighted by atomic mass is 32.1. The Hall–Kier alpha value is -2.24. The van der Waals surface area contributed by atoms with Gasteiger partial charge in [0.1, 0.15) is 12.4 Å². The molecule has 5 heteroatoms. The normalized spacial score (nSPS) is 20.0. The van der Waals surface area contributed by atoms with Crippen molar-refractivity contribution < 1.29 is 14.1 Å². The smallest absolute Gasteiger partial charge is 0.261 e. The molecular formula is C20H20FN2OS+. The first-order chi connectivity index (χ1) is 12.2. The van der Waals surface area contributed by atoms with Gasteiger partial charge in [-0.2, -0.15) is 0 Å².